The molecule has 0 bridgehead atoms. The second-order valence-electron chi connectivity index (χ2n) is 16.5. The van der Waals surface area contributed by atoms with E-state index in [0.717, 1.165) is 19.3 Å². The van der Waals surface area contributed by atoms with E-state index >= 15 is 0 Å². The molecule has 14 heteroatoms. The molecule has 3 rings (SSSR count). The Hall–Kier alpha value is -3.00. The van der Waals surface area contributed by atoms with Crippen LogP contribution in [0.1, 0.15) is 100 Å². The molecular weight excluding hydrogens is 650 g/mol. The summed E-state index contributed by atoms with van der Waals surface area (Å²) in [5.41, 5.74) is -2.10. The molecule has 0 aromatic heterocycles. The van der Waals surface area contributed by atoms with Gasteiger partial charge in [-0.1, -0.05) is 73.3 Å². The van der Waals surface area contributed by atoms with Gasteiger partial charge in [0, 0.05) is 13.1 Å². The van der Waals surface area contributed by atoms with Crippen LogP contribution >= 0.6 is 0 Å². The van der Waals surface area contributed by atoms with E-state index in [1.54, 1.807) is 20.8 Å². The lowest BCUT2D eigenvalue weighted by atomic mass is 9.83. The molecule has 5 N–H and O–H groups in total. The summed E-state index contributed by atoms with van der Waals surface area (Å²) in [6.07, 6.45) is 5.43. The van der Waals surface area contributed by atoms with E-state index in [1.807, 2.05) is 20.8 Å². The van der Waals surface area contributed by atoms with Crippen molar-refractivity contribution in [2.45, 2.75) is 129 Å². The van der Waals surface area contributed by atoms with Crippen molar-refractivity contribution in [2.75, 3.05) is 25.4 Å². The lowest BCUT2D eigenvalue weighted by Gasteiger charge is -2.41. The highest BCUT2D eigenvalue weighted by molar-refractivity contribution is 7.92. The molecule has 3 aliphatic rings. The Balaban J connectivity index is 1.86. The highest BCUT2D eigenvalue weighted by atomic mass is 32.2. The molecule has 0 spiro atoms. The number of Topliss-reactive ketones (excluding diaryl/α,β-unsaturated/α-hetero) is 1. The van der Waals surface area contributed by atoms with Crippen LogP contribution in [0.2, 0.25) is 0 Å². The molecule has 278 valence electrons. The number of rotatable bonds is 15. The maximum Gasteiger partial charge on any atom is 0.315 e. The highest BCUT2D eigenvalue weighted by Crippen LogP contribution is 2.65. The Bertz CT molecular complexity index is 1400. The summed E-state index contributed by atoms with van der Waals surface area (Å²) < 4.78 is 25.3. The van der Waals surface area contributed by atoms with E-state index in [9.17, 15) is 37.5 Å². The minimum Gasteiger partial charge on any atom is -0.395 e. The van der Waals surface area contributed by atoms with Crippen molar-refractivity contribution in [3.05, 3.63) is 12.7 Å². The first-order valence-corrected chi connectivity index (χ1v) is 19.2. The van der Waals surface area contributed by atoms with Gasteiger partial charge in [-0.05, 0) is 55.8 Å². The van der Waals surface area contributed by atoms with Crippen molar-refractivity contribution in [2.24, 2.45) is 22.7 Å². The van der Waals surface area contributed by atoms with Gasteiger partial charge in [-0.3, -0.25) is 19.2 Å². The Labute approximate surface area is 292 Å². The smallest absolute Gasteiger partial charge is 0.315 e. The lowest BCUT2D eigenvalue weighted by molar-refractivity contribution is -0.145. The van der Waals surface area contributed by atoms with Crippen molar-refractivity contribution in [3.8, 4) is 0 Å². The summed E-state index contributed by atoms with van der Waals surface area (Å²) in [6, 6.07) is -3.74. The number of sulfone groups is 1. The number of fused-ring (bicyclic) bond motifs is 1. The van der Waals surface area contributed by atoms with Crippen LogP contribution in [0.15, 0.2) is 12.7 Å². The fraction of sp³-hybridized carbons (Fsp3) is 0.800. The molecule has 1 saturated heterocycles. The summed E-state index contributed by atoms with van der Waals surface area (Å²) in [7, 11) is -3.83. The number of carbonyl (C=O) groups excluding carboxylic acids is 5. The number of carbonyl (C=O) groups is 5. The number of amides is 5. The summed E-state index contributed by atoms with van der Waals surface area (Å²) in [4.78, 5) is 69.0. The first-order valence-electron chi connectivity index (χ1n) is 17.5. The van der Waals surface area contributed by atoms with Gasteiger partial charge in [0.1, 0.15) is 12.1 Å². The maximum atomic E-state index is 14.4. The van der Waals surface area contributed by atoms with Crippen molar-refractivity contribution in [1.82, 2.24) is 26.2 Å². The number of ketones is 1. The molecule has 0 radical (unpaired) electrons. The van der Waals surface area contributed by atoms with Crippen molar-refractivity contribution in [3.63, 3.8) is 0 Å². The number of hydrogen-bond donors (Lipinski definition) is 5. The van der Waals surface area contributed by atoms with Crippen LogP contribution in [0.4, 0.5) is 4.79 Å². The van der Waals surface area contributed by atoms with E-state index < -0.39 is 79.8 Å². The third kappa shape index (κ3) is 8.84. The van der Waals surface area contributed by atoms with Gasteiger partial charge in [0.2, 0.25) is 17.6 Å². The van der Waals surface area contributed by atoms with Gasteiger partial charge in [0.15, 0.2) is 9.84 Å². The molecule has 0 unspecified atom stereocenters. The first kappa shape index (κ1) is 40.4. The molecule has 2 aliphatic carbocycles. The van der Waals surface area contributed by atoms with E-state index in [2.05, 4.69) is 27.8 Å². The molecule has 3 fully saturated rings. The summed E-state index contributed by atoms with van der Waals surface area (Å²) in [5, 5.41) is 20.8. The number of nitrogens with zero attached hydrogens (tertiary/aromatic N) is 1. The average Bonchev–Trinajstić information content (AvgIpc) is 3.32. The predicted molar refractivity (Wildman–Crippen MR) is 187 cm³/mol. The number of hydrogen-bond acceptors (Lipinski definition) is 8. The zero-order chi connectivity index (χ0) is 37.2. The monoisotopic (exact) mass is 709 g/mol. The molecule has 0 aromatic rings. The van der Waals surface area contributed by atoms with Crippen LogP contribution in [0.25, 0.3) is 0 Å². The van der Waals surface area contributed by atoms with Crippen LogP contribution in [0.5, 0.6) is 0 Å². The number of piperidine rings is 1. The summed E-state index contributed by atoms with van der Waals surface area (Å²) in [5.74, 6) is -3.07. The topological polar surface area (TPSA) is 191 Å². The quantitative estimate of drug-likeness (QED) is 0.126. The average molecular weight is 710 g/mol. The van der Waals surface area contributed by atoms with Gasteiger partial charge in [0.25, 0.3) is 5.91 Å². The number of likely N-dealkylation sites (tertiary alicyclic amines) is 1. The fourth-order valence-electron chi connectivity index (χ4n) is 7.45. The third-order valence-corrected chi connectivity index (χ3v) is 13.6. The van der Waals surface area contributed by atoms with Crippen LogP contribution < -0.4 is 21.3 Å². The zero-order valence-corrected chi connectivity index (χ0v) is 31.4. The van der Waals surface area contributed by atoms with Gasteiger partial charge in [-0.25, -0.2) is 13.2 Å². The predicted octanol–water partition coefficient (Wildman–Crippen LogP) is 2.23. The normalized spacial score (nSPS) is 24.1. The highest BCUT2D eigenvalue weighted by Gasteiger charge is 2.70. The van der Waals surface area contributed by atoms with E-state index in [1.165, 1.54) is 24.8 Å². The summed E-state index contributed by atoms with van der Waals surface area (Å²) in [6.45, 7) is 17.6. The van der Waals surface area contributed by atoms with Crippen LogP contribution in [0, 0.1) is 22.7 Å². The molecule has 49 heavy (non-hydrogen) atoms. The van der Waals surface area contributed by atoms with Gasteiger partial charge >= 0.3 is 6.03 Å². The second kappa shape index (κ2) is 15.1. The number of nitrogens with one attached hydrogen (secondary N) is 4. The number of aliphatic hydroxyl groups is 1. The Morgan fingerprint density at radius 1 is 1.02 bits per heavy atom. The summed E-state index contributed by atoms with van der Waals surface area (Å²) >= 11 is 0. The van der Waals surface area contributed by atoms with Crippen LogP contribution in [-0.2, 0) is 29.0 Å². The molecular formula is C35H59N5O8S. The second-order valence-corrected chi connectivity index (χ2v) is 19.1. The SMILES string of the molecule is C=CCNC(=O)C(=O)[C@H](CCC)NC(=O)[C@@H]1[C@@H]2[C@H](CN1C(=O)[C@@H](NC(=O)NC1(CS(=O)(=O)C(C)(C)CO)CCCCC1)C(C)(C)C)C2(C)C. The molecule has 1 aliphatic heterocycles. The van der Waals surface area contributed by atoms with E-state index in [4.69, 9.17) is 0 Å². The van der Waals surface area contributed by atoms with Crippen molar-refractivity contribution < 1.29 is 37.5 Å². The molecule has 5 atom stereocenters. The molecule has 0 aromatic carbocycles. The first-order chi connectivity index (χ1) is 22.6. The molecule has 13 nitrogen and oxygen atoms in total. The molecule has 1 heterocycles. The standard InChI is InChI=1S/C35H59N5O8S/c1-10-15-23(26(42)29(44)36-18-11-2)37-28(43)25-24-22(34(24,8)9)19-40(25)30(45)27(32(3,4)5)38-31(46)39-35(16-13-12-14-17-35)21-49(47,48)33(6,7)20-41/h11,22-25,27,41H,2,10,12-21H2,1,3-9H3,(H,36,44)(H,37,43)(H2,38,39,46)/t22-,23-,24-,25-,27+/m0/s1. The number of aliphatic hydroxyl groups excluding tert-OH is 1. The minimum absolute atomic E-state index is 0.0310. The zero-order valence-electron chi connectivity index (χ0n) is 30.6. The van der Waals surface area contributed by atoms with Crippen molar-refractivity contribution >= 4 is 39.4 Å². The Morgan fingerprint density at radius 2 is 1.63 bits per heavy atom. The van der Waals surface area contributed by atoms with Gasteiger partial charge < -0.3 is 31.3 Å². The minimum atomic E-state index is -3.83. The van der Waals surface area contributed by atoms with Gasteiger partial charge in [-0.15, -0.1) is 6.58 Å². The van der Waals surface area contributed by atoms with Gasteiger partial charge in [0.05, 0.1) is 28.7 Å². The van der Waals surface area contributed by atoms with Gasteiger partial charge in [-0.2, -0.15) is 0 Å². The third-order valence-electron chi connectivity index (χ3n) is 10.9. The van der Waals surface area contributed by atoms with Crippen LogP contribution in [0.3, 0.4) is 0 Å². The van der Waals surface area contributed by atoms with Crippen molar-refractivity contribution in [1.29, 1.82) is 0 Å². The maximum absolute atomic E-state index is 14.4. The number of urea groups is 1. The Kier molecular flexibility index (Phi) is 12.4. The van der Waals surface area contributed by atoms with E-state index in [-0.39, 0.29) is 42.5 Å². The molecule has 2 saturated carbocycles. The Morgan fingerprint density at radius 3 is 2.16 bits per heavy atom. The lowest BCUT2D eigenvalue weighted by Crippen LogP contribution is -2.64. The fourth-order valence-corrected chi connectivity index (χ4v) is 9.13. The largest absolute Gasteiger partial charge is 0.395 e. The molecule has 5 amide bonds. The van der Waals surface area contributed by atoms with E-state index in [0.29, 0.717) is 19.3 Å². The van der Waals surface area contributed by atoms with Crippen LogP contribution in [-0.4, -0.2) is 102 Å².